The highest BCUT2D eigenvalue weighted by Crippen LogP contribution is 2.54. The third-order valence-corrected chi connectivity index (χ3v) is 8.78. The van der Waals surface area contributed by atoms with E-state index in [1.807, 2.05) is 0 Å². The van der Waals surface area contributed by atoms with Gasteiger partial charge in [0.05, 0.1) is 11.6 Å². The lowest BCUT2D eigenvalue weighted by molar-refractivity contribution is -0.148. The average Bonchev–Trinajstić information content (AvgIpc) is 2.90. The van der Waals surface area contributed by atoms with Gasteiger partial charge in [0.2, 0.25) is 5.78 Å². The van der Waals surface area contributed by atoms with Crippen molar-refractivity contribution in [2.75, 3.05) is 33.1 Å². The summed E-state index contributed by atoms with van der Waals surface area (Å²) in [6.45, 7) is 1.44. The Hall–Kier alpha value is -4.48. The molecule has 3 aliphatic carbocycles. The fourth-order valence-corrected chi connectivity index (χ4v) is 6.80. The molecule has 11 heteroatoms. The molecule has 2 aromatic carbocycles. The van der Waals surface area contributed by atoms with E-state index in [-0.39, 0.29) is 35.5 Å². The van der Waals surface area contributed by atoms with Gasteiger partial charge in [-0.3, -0.25) is 24.1 Å². The van der Waals surface area contributed by atoms with Crippen molar-refractivity contribution >= 4 is 28.9 Å². The maximum Gasteiger partial charge on any atom is 0.255 e. The summed E-state index contributed by atoms with van der Waals surface area (Å²) in [4.78, 5) is 54.9. The minimum absolute atomic E-state index is 0.00759. The lowest BCUT2D eigenvalue weighted by atomic mass is 9.58. The molecule has 6 N–H and O–H groups in total. The molecular formula is C31H33N3O8. The Morgan fingerprint density at radius 3 is 2.17 bits per heavy atom. The molecule has 0 bridgehead atoms. The number of nitrogens with zero attached hydrogens (tertiary/aromatic N) is 2. The first-order valence-electron chi connectivity index (χ1n) is 13.4. The molecule has 5 rings (SSSR count). The minimum Gasteiger partial charge on any atom is -0.510 e. The van der Waals surface area contributed by atoms with E-state index in [1.165, 1.54) is 11.8 Å². The van der Waals surface area contributed by atoms with Crippen LogP contribution in [0.4, 0.5) is 5.69 Å². The van der Waals surface area contributed by atoms with Crippen molar-refractivity contribution in [1.82, 2.24) is 4.90 Å². The first-order chi connectivity index (χ1) is 19.6. The largest absolute Gasteiger partial charge is 0.510 e. The van der Waals surface area contributed by atoms with Gasteiger partial charge in [0, 0.05) is 42.4 Å². The van der Waals surface area contributed by atoms with Gasteiger partial charge in [0.1, 0.15) is 22.8 Å². The van der Waals surface area contributed by atoms with Crippen LogP contribution in [0.1, 0.15) is 39.6 Å². The van der Waals surface area contributed by atoms with Crippen molar-refractivity contribution in [3.63, 3.8) is 0 Å². The Bertz CT molecular complexity index is 1640. The summed E-state index contributed by atoms with van der Waals surface area (Å²) in [5.74, 6) is -7.09. The molecule has 2 aromatic rings. The maximum atomic E-state index is 14.2. The lowest BCUT2D eigenvalue weighted by Crippen LogP contribution is -2.63. The molecule has 0 fully saturated rings. The van der Waals surface area contributed by atoms with E-state index in [0.717, 1.165) is 0 Å². The predicted molar refractivity (Wildman–Crippen MR) is 153 cm³/mol. The number of nitrogens with two attached hydrogens (primary N) is 1. The van der Waals surface area contributed by atoms with Crippen LogP contribution in [0.3, 0.4) is 0 Å². The van der Waals surface area contributed by atoms with Crippen LogP contribution < -0.4 is 10.6 Å². The number of rotatable bonds is 5. The van der Waals surface area contributed by atoms with Crippen molar-refractivity contribution in [2.24, 2.45) is 17.6 Å². The minimum atomic E-state index is -2.70. The van der Waals surface area contributed by atoms with E-state index in [9.17, 15) is 39.6 Å². The summed E-state index contributed by atoms with van der Waals surface area (Å²) < 4.78 is 0. The Morgan fingerprint density at radius 2 is 1.64 bits per heavy atom. The molecule has 4 atom stereocenters. The van der Waals surface area contributed by atoms with Crippen LogP contribution in [-0.2, 0) is 16.0 Å². The monoisotopic (exact) mass is 575 g/mol. The number of aliphatic hydroxyl groups is 3. The number of aromatic hydroxyl groups is 1. The zero-order valence-corrected chi connectivity index (χ0v) is 23.9. The van der Waals surface area contributed by atoms with Crippen molar-refractivity contribution < 1.29 is 39.6 Å². The molecule has 42 heavy (non-hydrogen) atoms. The lowest BCUT2D eigenvalue weighted by Gasteiger charge is -2.50. The molecule has 0 spiro atoms. The van der Waals surface area contributed by atoms with E-state index >= 15 is 0 Å². The summed E-state index contributed by atoms with van der Waals surface area (Å²) in [7, 11) is 6.75. The van der Waals surface area contributed by atoms with E-state index in [4.69, 9.17) is 5.73 Å². The molecular weight excluding hydrogens is 542 g/mol. The van der Waals surface area contributed by atoms with E-state index in [1.54, 1.807) is 63.4 Å². The molecule has 0 heterocycles. The molecule has 220 valence electrons. The first-order valence-corrected chi connectivity index (χ1v) is 13.4. The Kier molecular flexibility index (Phi) is 6.78. The second-order valence-corrected chi connectivity index (χ2v) is 11.6. The van der Waals surface area contributed by atoms with Gasteiger partial charge in [-0.25, -0.2) is 0 Å². The Balaban J connectivity index is 1.73. The van der Waals surface area contributed by atoms with Gasteiger partial charge in [-0.2, -0.15) is 0 Å². The van der Waals surface area contributed by atoms with Crippen molar-refractivity contribution in [3.8, 4) is 16.9 Å². The highest BCUT2D eigenvalue weighted by atomic mass is 16.3. The number of fused-ring (bicyclic) bond motifs is 3. The standard InChI is InChI=1S/C31H33N3O8/c1-13(35)14-6-8-15(9-7-14)17-12-20(33(2)3)18-10-16-11-19-24(34(4)5)27(38)23(30(32)41)29(40)31(19,42)28(39)21(16)26(37)22(18)25(17)36/h6-9,12,16,19,24,36,38-39,42H,10-11H2,1-5H3,(H2,32,41)/t16-,19-,24-,31-/m0/s1. The molecule has 0 aromatic heterocycles. The second-order valence-electron chi connectivity index (χ2n) is 11.6. The zero-order valence-electron chi connectivity index (χ0n) is 23.9. The van der Waals surface area contributed by atoms with Crippen molar-refractivity contribution in [2.45, 2.75) is 31.4 Å². The summed E-state index contributed by atoms with van der Waals surface area (Å²) >= 11 is 0. The summed E-state index contributed by atoms with van der Waals surface area (Å²) in [5, 5.41) is 45.7. The van der Waals surface area contributed by atoms with Gasteiger partial charge in [0.15, 0.2) is 17.2 Å². The molecule has 0 unspecified atom stereocenters. The highest BCUT2D eigenvalue weighted by molar-refractivity contribution is 6.25. The number of likely N-dealkylation sites (N-methyl/N-ethyl adjacent to an activating group) is 1. The van der Waals surface area contributed by atoms with Crippen LogP contribution >= 0.6 is 0 Å². The van der Waals surface area contributed by atoms with Crippen LogP contribution in [0, 0.1) is 11.8 Å². The first kappa shape index (κ1) is 29.0. The zero-order chi connectivity index (χ0) is 31.0. The van der Waals surface area contributed by atoms with Gasteiger partial charge < -0.3 is 31.1 Å². The predicted octanol–water partition coefficient (Wildman–Crippen LogP) is 2.06. The topological polar surface area (TPSA) is 182 Å². The number of aliphatic hydroxyl groups excluding tert-OH is 2. The van der Waals surface area contributed by atoms with Gasteiger partial charge in [-0.1, -0.05) is 24.3 Å². The number of hydrogen-bond acceptors (Lipinski definition) is 10. The van der Waals surface area contributed by atoms with Crippen LogP contribution in [-0.4, -0.2) is 88.4 Å². The SMILES string of the molecule is CC(=O)c1ccc(-c2cc(N(C)C)c3c(c2O)C(=O)C2=C(O)[C@]4(O)C(=O)C(C(N)=O)=C(O)[C@@H](N(C)C)[C@@H]4C[C@@H]2C3)cc1. The average molecular weight is 576 g/mol. The smallest absolute Gasteiger partial charge is 0.255 e. The van der Waals surface area contributed by atoms with Gasteiger partial charge in [0.25, 0.3) is 5.91 Å². The van der Waals surface area contributed by atoms with Gasteiger partial charge in [-0.05, 0) is 57.0 Å². The van der Waals surface area contributed by atoms with Crippen molar-refractivity contribution in [3.05, 3.63) is 69.7 Å². The number of anilines is 1. The number of Topliss-reactive ketones (excluding diaryl/α,β-unsaturated/α-hetero) is 3. The summed E-state index contributed by atoms with van der Waals surface area (Å²) in [6.07, 6.45) is 0.187. The number of phenolic OH excluding ortho intramolecular Hbond substituents is 1. The van der Waals surface area contributed by atoms with Gasteiger partial charge >= 0.3 is 0 Å². The highest BCUT2D eigenvalue weighted by Gasteiger charge is 2.63. The quantitative estimate of drug-likeness (QED) is 0.261. The molecule has 1 amide bonds. The van der Waals surface area contributed by atoms with E-state index in [0.29, 0.717) is 27.9 Å². The molecule has 11 nitrogen and oxygen atoms in total. The summed E-state index contributed by atoms with van der Waals surface area (Å²) in [6, 6.07) is 7.24. The molecule has 0 saturated carbocycles. The maximum absolute atomic E-state index is 14.2. The van der Waals surface area contributed by atoms with Crippen LogP contribution in [0.5, 0.6) is 5.75 Å². The van der Waals surface area contributed by atoms with Crippen LogP contribution in [0.2, 0.25) is 0 Å². The molecule has 0 aliphatic heterocycles. The van der Waals surface area contributed by atoms with E-state index in [2.05, 4.69) is 0 Å². The number of benzene rings is 2. The van der Waals surface area contributed by atoms with Crippen LogP contribution in [0.25, 0.3) is 11.1 Å². The number of hydrogen-bond donors (Lipinski definition) is 5. The molecule has 0 saturated heterocycles. The fourth-order valence-electron chi connectivity index (χ4n) is 6.80. The Labute approximate surface area is 242 Å². The Morgan fingerprint density at radius 1 is 1.02 bits per heavy atom. The van der Waals surface area contributed by atoms with Crippen LogP contribution in [0.15, 0.2) is 53.0 Å². The summed E-state index contributed by atoms with van der Waals surface area (Å²) in [5.41, 5.74) is 4.05. The number of carbonyl (C=O) groups excluding carboxylic acids is 4. The second kappa shape index (κ2) is 9.81. The fraction of sp³-hybridized carbons (Fsp3) is 0.355. The van der Waals surface area contributed by atoms with Gasteiger partial charge in [-0.15, -0.1) is 0 Å². The molecule has 3 aliphatic rings. The van der Waals surface area contributed by atoms with E-state index < -0.39 is 58.0 Å². The molecule has 0 radical (unpaired) electrons. The third-order valence-electron chi connectivity index (χ3n) is 8.78. The number of amides is 1. The third kappa shape index (κ3) is 3.95. The number of phenols is 1. The normalized spacial score (nSPS) is 25.3. The number of allylic oxidation sites excluding steroid dienone is 1. The number of primary amides is 1. The van der Waals surface area contributed by atoms with Crippen molar-refractivity contribution in [1.29, 1.82) is 0 Å². The number of ketones is 3. The number of carbonyl (C=O) groups is 4.